The van der Waals surface area contributed by atoms with Crippen molar-refractivity contribution < 1.29 is 14.3 Å². The van der Waals surface area contributed by atoms with Gasteiger partial charge in [-0.3, -0.25) is 5.32 Å². The minimum Gasteiger partial charge on any atom is -0.457 e. The van der Waals surface area contributed by atoms with Crippen LogP contribution in [0.15, 0.2) is 72.8 Å². The Morgan fingerprint density at radius 2 is 1.61 bits per heavy atom. The maximum Gasteiger partial charge on any atom is 0.321 e. The third-order valence-electron chi connectivity index (χ3n) is 3.36. The van der Waals surface area contributed by atoms with Gasteiger partial charge in [0.2, 0.25) is 12.2 Å². The molecule has 1 heterocycles. The predicted molar refractivity (Wildman–Crippen MR) is 86.0 cm³/mol. The summed E-state index contributed by atoms with van der Waals surface area (Å²) in [4.78, 5) is 11.8. The highest BCUT2D eigenvalue weighted by atomic mass is 16.7. The highest BCUT2D eigenvalue weighted by Crippen LogP contribution is 2.16. The minimum absolute atomic E-state index is 0.316. The molecule has 1 aliphatic rings. The van der Waals surface area contributed by atoms with Crippen LogP contribution >= 0.6 is 0 Å². The number of rotatable bonds is 5. The first-order valence-corrected chi connectivity index (χ1v) is 7.44. The zero-order chi connectivity index (χ0) is 15.9. The van der Waals surface area contributed by atoms with Crippen molar-refractivity contribution in [2.45, 2.75) is 19.3 Å². The van der Waals surface area contributed by atoms with E-state index in [4.69, 9.17) is 9.47 Å². The van der Waals surface area contributed by atoms with Gasteiger partial charge in [-0.25, -0.2) is 4.79 Å². The van der Waals surface area contributed by atoms with E-state index >= 15 is 0 Å². The first kappa shape index (κ1) is 15.0. The number of amides is 2. The number of carbonyl (C=O) groups is 1. The fraction of sp³-hybridized carbons (Fsp3) is 0.167. The van der Waals surface area contributed by atoms with E-state index in [1.165, 1.54) is 6.26 Å². The van der Waals surface area contributed by atoms with E-state index in [2.05, 4.69) is 10.6 Å². The van der Waals surface area contributed by atoms with Crippen LogP contribution < -0.4 is 10.6 Å². The molecule has 3 rings (SSSR count). The molecule has 0 saturated heterocycles. The molecule has 1 atom stereocenters. The van der Waals surface area contributed by atoms with Gasteiger partial charge in [0.1, 0.15) is 6.26 Å². The van der Waals surface area contributed by atoms with Crippen molar-refractivity contribution in [2.24, 2.45) is 0 Å². The van der Waals surface area contributed by atoms with Gasteiger partial charge in [0.05, 0.1) is 0 Å². The number of hydrogen-bond acceptors (Lipinski definition) is 3. The van der Waals surface area contributed by atoms with Gasteiger partial charge in [0.25, 0.3) is 0 Å². The summed E-state index contributed by atoms with van der Waals surface area (Å²) in [6, 6.07) is 19.3. The third-order valence-corrected chi connectivity index (χ3v) is 3.36. The molecule has 0 spiro atoms. The zero-order valence-corrected chi connectivity index (χ0v) is 12.6. The average Bonchev–Trinajstić information content (AvgIpc) is 3.02. The van der Waals surface area contributed by atoms with Crippen LogP contribution in [-0.2, 0) is 22.4 Å². The molecule has 2 N–H and O–H groups in total. The molecular formula is C18H18N2O3. The van der Waals surface area contributed by atoms with Gasteiger partial charge in [-0.2, -0.15) is 0 Å². The summed E-state index contributed by atoms with van der Waals surface area (Å²) in [6.45, 7) is 0.453. The molecule has 118 valence electrons. The van der Waals surface area contributed by atoms with Crippen molar-refractivity contribution in [3.05, 3.63) is 83.9 Å². The Morgan fingerprint density at radius 3 is 2.30 bits per heavy atom. The van der Waals surface area contributed by atoms with Crippen LogP contribution in [-0.4, -0.2) is 12.3 Å². The van der Waals surface area contributed by atoms with Crippen LogP contribution in [0.2, 0.25) is 0 Å². The molecule has 2 aromatic rings. The second kappa shape index (κ2) is 7.35. The molecule has 0 fully saturated rings. The number of ether oxygens (including phenoxy) is 2. The van der Waals surface area contributed by atoms with Crippen molar-refractivity contribution in [1.82, 2.24) is 10.6 Å². The number of urea groups is 1. The molecule has 0 radical (unpaired) electrons. The normalized spacial score (nSPS) is 16.0. The van der Waals surface area contributed by atoms with E-state index < -0.39 is 6.29 Å². The molecule has 1 unspecified atom stereocenters. The van der Waals surface area contributed by atoms with E-state index in [-0.39, 0.29) is 6.03 Å². The maximum absolute atomic E-state index is 11.8. The molecular weight excluding hydrogens is 292 g/mol. The Hall–Kier alpha value is -2.95. The van der Waals surface area contributed by atoms with Gasteiger partial charge in [-0.1, -0.05) is 60.7 Å². The molecule has 1 aliphatic heterocycles. The lowest BCUT2D eigenvalue weighted by atomic mass is 10.1. The van der Waals surface area contributed by atoms with Crippen LogP contribution in [0, 0.1) is 0 Å². The zero-order valence-electron chi connectivity index (χ0n) is 12.6. The van der Waals surface area contributed by atoms with Crippen LogP contribution in [0.4, 0.5) is 4.79 Å². The van der Waals surface area contributed by atoms with Crippen LogP contribution in [0.25, 0.3) is 0 Å². The van der Waals surface area contributed by atoms with E-state index in [1.807, 2.05) is 60.7 Å². The van der Waals surface area contributed by atoms with Crippen molar-refractivity contribution in [3.8, 4) is 0 Å². The standard InChI is InChI=1S/C18H18N2O3/c21-18(19-12-15-9-5-2-6-10-15)20-16-13-22-17(23-16)11-14-7-3-1-4-8-14/h1-10,13,17H,11-12H2,(H2,19,20,21). The number of nitrogens with one attached hydrogen (secondary N) is 2. The molecule has 2 amide bonds. The number of hydrogen-bond donors (Lipinski definition) is 2. The van der Waals surface area contributed by atoms with Crippen molar-refractivity contribution in [2.75, 3.05) is 0 Å². The quantitative estimate of drug-likeness (QED) is 0.893. The highest BCUT2D eigenvalue weighted by Gasteiger charge is 2.21. The van der Waals surface area contributed by atoms with Crippen molar-refractivity contribution >= 4 is 6.03 Å². The predicted octanol–water partition coefficient (Wildman–Crippen LogP) is 2.90. The summed E-state index contributed by atoms with van der Waals surface area (Å²) in [5.74, 6) is 0.316. The summed E-state index contributed by atoms with van der Waals surface area (Å²) in [5.41, 5.74) is 2.14. The molecule has 2 aromatic carbocycles. The molecule has 5 heteroatoms. The van der Waals surface area contributed by atoms with Crippen molar-refractivity contribution in [1.29, 1.82) is 0 Å². The molecule has 0 bridgehead atoms. The highest BCUT2D eigenvalue weighted by molar-refractivity contribution is 5.75. The smallest absolute Gasteiger partial charge is 0.321 e. The Bertz CT molecular complexity index is 671. The van der Waals surface area contributed by atoms with Gasteiger partial charge >= 0.3 is 6.03 Å². The van der Waals surface area contributed by atoms with Crippen LogP contribution in [0.3, 0.4) is 0 Å². The van der Waals surface area contributed by atoms with Gasteiger partial charge in [0.15, 0.2) is 0 Å². The first-order valence-electron chi connectivity index (χ1n) is 7.44. The molecule has 0 aliphatic carbocycles. The fourth-order valence-corrected chi connectivity index (χ4v) is 2.22. The Morgan fingerprint density at radius 1 is 0.957 bits per heavy atom. The lowest BCUT2D eigenvalue weighted by Gasteiger charge is -2.12. The van der Waals surface area contributed by atoms with Gasteiger partial charge in [-0.05, 0) is 11.1 Å². The Balaban J connectivity index is 1.41. The first-order chi connectivity index (χ1) is 11.3. The average molecular weight is 310 g/mol. The molecule has 0 aromatic heterocycles. The summed E-state index contributed by atoms with van der Waals surface area (Å²) in [7, 11) is 0. The van der Waals surface area contributed by atoms with Crippen LogP contribution in [0.1, 0.15) is 11.1 Å². The van der Waals surface area contributed by atoms with E-state index in [0.717, 1.165) is 11.1 Å². The summed E-state index contributed by atoms with van der Waals surface area (Å²) >= 11 is 0. The molecule has 23 heavy (non-hydrogen) atoms. The fourth-order valence-electron chi connectivity index (χ4n) is 2.22. The van der Waals surface area contributed by atoms with E-state index in [0.29, 0.717) is 18.8 Å². The summed E-state index contributed by atoms with van der Waals surface area (Å²) in [6.07, 6.45) is 1.63. The van der Waals surface area contributed by atoms with Crippen LogP contribution in [0.5, 0.6) is 0 Å². The lowest BCUT2D eigenvalue weighted by Crippen LogP contribution is -2.35. The topological polar surface area (TPSA) is 59.6 Å². The third kappa shape index (κ3) is 4.51. The second-order valence-corrected chi connectivity index (χ2v) is 5.15. The monoisotopic (exact) mass is 310 g/mol. The number of benzene rings is 2. The molecule has 0 saturated carbocycles. The Labute approximate surface area is 134 Å². The summed E-state index contributed by atoms with van der Waals surface area (Å²) in [5, 5.41) is 5.39. The minimum atomic E-state index is -0.415. The second-order valence-electron chi connectivity index (χ2n) is 5.15. The summed E-state index contributed by atoms with van der Waals surface area (Å²) < 4.78 is 11.0. The largest absolute Gasteiger partial charge is 0.457 e. The van der Waals surface area contributed by atoms with E-state index in [1.54, 1.807) is 0 Å². The lowest BCUT2D eigenvalue weighted by molar-refractivity contribution is -0.0326. The van der Waals surface area contributed by atoms with E-state index in [9.17, 15) is 4.79 Å². The number of carbonyl (C=O) groups excluding carboxylic acids is 1. The SMILES string of the molecule is O=C(NCc1ccccc1)NC1=COC(Cc2ccccc2)O1. The van der Waals surface area contributed by atoms with Gasteiger partial charge in [0, 0.05) is 13.0 Å². The van der Waals surface area contributed by atoms with Gasteiger partial charge < -0.3 is 14.8 Å². The molecule has 5 nitrogen and oxygen atoms in total. The van der Waals surface area contributed by atoms with Gasteiger partial charge in [-0.15, -0.1) is 0 Å². The van der Waals surface area contributed by atoms with Crippen molar-refractivity contribution in [3.63, 3.8) is 0 Å². The Kier molecular flexibility index (Phi) is 4.79. The maximum atomic E-state index is 11.8.